The molecule has 0 saturated heterocycles. The van der Waals surface area contributed by atoms with Crippen molar-refractivity contribution < 1.29 is 12.8 Å². The Labute approximate surface area is 135 Å². The summed E-state index contributed by atoms with van der Waals surface area (Å²) in [6.07, 6.45) is 2.58. The van der Waals surface area contributed by atoms with E-state index < -0.39 is 18.2 Å². The van der Waals surface area contributed by atoms with Gasteiger partial charge in [0.1, 0.15) is 5.82 Å². The van der Waals surface area contributed by atoms with Gasteiger partial charge in [0, 0.05) is 26.0 Å². The lowest BCUT2D eigenvalue weighted by Crippen LogP contribution is -2.42. The molecule has 0 saturated carbocycles. The predicted molar refractivity (Wildman–Crippen MR) is 93.8 cm³/mol. The van der Waals surface area contributed by atoms with Crippen LogP contribution in [0.2, 0.25) is 18.1 Å². The van der Waals surface area contributed by atoms with E-state index in [-0.39, 0.29) is 9.93 Å². The minimum absolute atomic E-state index is 0.195. The third-order valence-electron chi connectivity index (χ3n) is 4.24. The van der Waals surface area contributed by atoms with Crippen LogP contribution in [0.4, 0.5) is 5.82 Å². The van der Waals surface area contributed by atoms with Crippen LogP contribution in [0.25, 0.3) is 0 Å². The van der Waals surface area contributed by atoms with E-state index in [0.29, 0.717) is 6.61 Å². The van der Waals surface area contributed by atoms with Crippen LogP contribution in [0.15, 0.2) is 23.2 Å². The second kappa shape index (κ2) is 6.68. The van der Waals surface area contributed by atoms with Gasteiger partial charge in [-0.2, -0.15) is 0 Å². The molecule has 22 heavy (non-hydrogen) atoms. The van der Waals surface area contributed by atoms with Crippen LogP contribution in [0, 0.1) is 0 Å². The number of sulfone groups is 1. The van der Waals surface area contributed by atoms with Crippen LogP contribution in [-0.4, -0.2) is 48.2 Å². The molecular formula is C15H28N2O3SSi. The van der Waals surface area contributed by atoms with Gasteiger partial charge in [0.25, 0.3) is 0 Å². The zero-order valence-electron chi connectivity index (χ0n) is 14.7. The largest absolute Gasteiger partial charge is 0.415 e. The molecule has 0 aliphatic carbocycles. The summed E-state index contributed by atoms with van der Waals surface area (Å²) >= 11 is 0. The zero-order valence-corrected chi connectivity index (χ0v) is 16.5. The zero-order chi connectivity index (χ0) is 17.2. The van der Waals surface area contributed by atoms with Crippen molar-refractivity contribution in [1.82, 2.24) is 4.98 Å². The topological polar surface area (TPSA) is 59.5 Å². The monoisotopic (exact) mass is 344 g/mol. The van der Waals surface area contributed by atoms with Crippen molar-refractivity contribution in [3.63, 3.8) is 0 Å². The van der Waals surface area contributed by atoms with Gasteiger partial charge in [0.05, 0.1) is 11.5 Å². The van der Waals surface area contributed by atoms with Crippen LogP contribution in [0.1, 0.15) is 20.8 Å². The number of aromatic nitrogens is 1. The molecule has 0 spiro atoms. The third-order valence-corrected chi connectivity index (χ3v) is 9.87. The molecule has 0 aromatic carbocycles. The highest BCUT2D eigenvalue weighted by Crippen LogP contribution is 2.36. The Bertz CT molecular complexity index is 592. The van der Waals surface area contributed by atoms with Crippen molar-refractivity contribution >= 4 is 24.0 Å². The molecule has 0 bridgehead atoms. The number of hydrogen-bond donors (Lipinski definition) is 0. The van der Waals surface area contributed by atoms with E-state index in [2.05, 4.69) is 38.8 Å². The van der Waals surface area contributed by atoms with E-state index in [0.717, 1.165) is 12.4 Å². The van der Waals surface area contributed by atoms with Gasteiger partial charge in [-0.25, -0.2) is 13.4 Å². The van der Waals surface area contributed by atoms with Gasteiger partial charge in [-0.05, 0) is 30.3 Å². The van der Waals surface area contributed by atoms with Crippen molar-refractivity contribution in [3.05, 3.63) is 18.3 Å². The summed E-state index contributed by atoms with van der Waals surface area (Å²) in [5.41, 5.74) is 0. The van der Waals surface area contributed by atoms with Crippen molar-refractivity contribution in [1.29, 1.82) is 0 Å². The summed E-state index contributed by atoms with van der Waals surface area (Å²) < 4.78 is 29.0. The van der Waals surface area contributed by atoms with Gasteiger partial charge in [-0.3, -0.25) is 0 Å². The lowest BCUT2D eigenvalue weighted by Gasteiger charge is -2.36. The van der Waals surface area contributed by atoms with Crippen LogP contribution in [0.3, 0.4) is 0 Å². The lowest BCUT2D eigenvalue weighted by molar-refractivity contribution is 0.295. The Morgan fingerprint density at radius 2 is 1.86 bits per heavy atom. The fourth-order valence-corrected chi connectivity index (χ4v) is 3.18. The molecule has 1 rings (SSSR count). The highest BCUT2D eigenvalue weighted by Gasteiger charge is 2.36. The first-order chi connectivity index (χ1) is 9.84. The van der Waals surface area contributed by atoms with E-state index in [4.69, 9.17) is 4.43 Å². The molecule has 0 unspecified atom stereocenters. The quantitative estimate of drug-likeness (QED) is 0.743. The molecule has 0 radical (unpaired) electrons. The lowest BCUT2D eigenvalue weighted by atomic mass is 10.2. The standard InChI is InChI=1S/C15H28N2O3SSi/c1-15(2,3)22(6,7)20-11-10-17(4)14-9-8-13(12-16-14)21(5,18)19/h8-9,12H,10-11H2,1-7H3. The fraction of sp³-hybridized carbons (Fsp3) is 0.667. The number of pyridine rings is 1. The van der Waals surface area contributed by atoms with E-state index >= 15 is 0 Å². The minimum atomic E-state index is -3.20. The molecule has 126 valence electrons. The van der Waals surface area contributed by atoms with Crippen molar-refractivity contribution in [2.75, 3.05) is 31.4 Å². The van der Waals surface area contributed by atoms with E-state index in [9.17, 15) is 8.42 Å². The first-order valence-corrected chi connectivity index (χ1v) is 12.2. The molecule has 1 aromatic heterocycles. The number of hydrogen-bond acceptors (Lipinski definition) is 5. The fourth-order valence-electron chi connectivity index (χ4n) is 1.59. The molecule has 0 aliphatic heterocycles. The number of likely N-dealkylation sites (N-methyl/N-ethyl adjacent to an activating group) is 1. The summed E-state index contributed by atoms with van der Waals surface area (Å²) in [5.74, 6) is 0.742. The van der Waals surface area contributed by atoms with Crippen LogP contribution in [-0.2, 0) is 14.3 Å². The highest BCUT2D eigenvalue weighted by molar-refractivity contribution is 7.90. The second-order valence-corrected chi connectivity index (χ2v) is 14.0. The molecule has 5 nitrogen and oxygen atoms in total. The SMILES string of the molecule is CN(CCO[Si](C)(C)C(C)(C)C)c1ccc(S(C)(=O)=O)cn1. The summed E-state index contributed by atoms with van der Waals surface area (Å²) in [5, 5.41) is 0.195. The van der Waals surface area contributed by atoms with Crippen LogP contribution in [0.5, 0.6) is 0 Å². The van der Waals surface area contributed by atoms with Crippen molar-refractivity contribution in [2.24, 2.45) is 0 Å². The Hall–Kier alpha value is -0.923. The molecule has 0 N–H and O–H groups in total. The van der Waals surface area contributed by atoms with Crippen molar-refractivity contribution in [2.45, 2.75) is 43.8 Å². The Kier molecular flexibility index (Phi) is 5.81. The first-order valence-electron chi connectivity index (χ1n) is 7.36. The summed E-state index contributed by atoms with van der Waals surface area (Å²) in [4.78, 5) is 6.42. The van der Waals surface area contributed by atoms with Gasteiger partial charge in [-0.15, -0.1) is 0 Å². The molecular weight excluding hydrogens is 316 g/mol. The summed E-state index contributed by atoms with van der Waals surface area (Å²) in [6.45, 7) is 12.5. The smallest absolute Gasteiger partial charge is 0.192 e. The maximum atomic E-state index is 11.4. The molecule has 1 heterocycles. The number of anilines is 1. The van der Waals surface area contributed by atoms with E-state index in [1.807, 2.05) is 11.9 Å². The minimum Gasteiger partial charge on any atom is -0.415 e. The predicted octanol–water partition coefficient (Wildman–Crippen LogP) is 2.94. The molecule has 0 amide bonds. The normalized spacial score (nSPS) is 13.2. The Balaban J connectivity index is 2.62. The molecule has 7 heteroatoms. The van der Waals surface area contributed by atoms with Crippen LogP contribution < -0.4 is 4.90 Å². The maximum Gasteiger partial charge on any atom is 0.192 e. The van der Waals surface area contributed by atoms with Crippen LogP contribution >= 0.6 is 0 Å². The number of rotatable bonds is 6. The average molecular weight is 345 g/mol. The highest BCUT2D eigenvalue weighted by atomic mass is 32.2. The summed E-state index contributed by atoms with van der Waals surface area (Å²) in [6, 6.07) is 3.31. The van der Waals surface area contributed by atoms with E-state index in [1.54, 1.807) is 12.1 Å². The van der Waals surface area contributed by atoms with Gasteiger partial charge >= 0.3 is 0 Å². The third kappa shape index (κ3) is 5.07. The molecule has 0 aliphatic rings. The van der Waals surface area contributed by atoms with Gasteiger partial charge < -0.3 is 9.33 Å². The Morgan fingerprint density at radius 3 is 2.27 bits per heavy atom. The number of nitrogens with zero attached hydrogens (tertiary/aromatic N) is 2. The Morgan fingerprint density at radius 1 is 1.27 bits per heavy atom. The van der Waals surface area contributed by atoms with Gasteiger partial charge in [-0.1, -0.05) is 20.8 Å². The summed E-state index contributed by atoms with van der Waals surface area (Å²) in [7, 11) is -3.00. The molecule has 1 aromatic rings. The van der Waals surface area contributed by atoms with Gasteiger partial charge in [0.2, 0.25) is 0 Å². The van der Waals surface area contributed by atoms with Crippen molar-refractivity contribution in [3.8, 4) is 0 Å². The first kappa shape index (κ1) is 19.1. The van der Waals surface area contributed by atoms with Gasteiger partial charge in [0.15, 0.2) is 18.2 Å². The molecule has 0 atom stereocenters. The van der Waals surface area contributed by atoms with E-state index in [1.165, 1.54) is 12.5 Å². The second-order valence-electron chi connectivity index (χ2n) is 7.15. The maximum absolute atomic E-state index is 11.4. The average Bonchev–Trinajstić information content (AvgIpc) is 2.36. The molecule has 0 fully saturated rings.